The first-order valence-electron chi connectivity index (χ1n) is 4.57. The van der Waals surface area contributed by atoms with Crippen molar-refractivity contribution in [3.05, 3.63) is 24.3 Å². The minimum Gasteiger partial charge on any atom is -0.465 e. The molecule has 4 nitrogen and oxygen atoms in total. The molecule has 0 radical (unpaired) electrons. The highest BCUT2D eigenvalue weighted by Gasteiger charge is 1.94. The van der Waals surface area contributed by atoms with E-state index in [-0.39, 0.29) is 0 Å². The topological polar surface area (TPSA) is 61.4 Å². The monoisotopic (exact) mass is 226 g/mol. The Morgan fingerprint density at radius 2 is 2.00 bits per heavy atom. The summed E-state index contributed by atoms with van der Waals surface area (Å²) >= 11 is 1.69. The summed E-state index contributed by atoms with van der Waals surface area (Å²) in [5, 5.41) is 13.7. The van der Waals surface area contributed by atoms with Gasteiger partial charge < -0.3 is 15.7 Å². The molecule has 0 heterocycles. The first-order chi connectivity index (χ1) is 7.22. The second-order valence-electron chi connectivity index (χ2n) is 2.89. The first kappa shape index (κ1) is 11.7. The zero-order chi connectivity index (χ0) is 11.1. The molecule has 1 aromatic rings. The van der Waals surface area contributed by atoms with Gasteiger partial charge in [0.2, 0.25) is 0 Å². The lowest BCUT2D eigenvalue weighted by molar-refractivity contribution is 0.195. The predicted molar refractivity (Wildman–Crippen MR) is 62.7 cm³/mol. The fraction of sp³-hybridized carbons (Fsp3) is 0.300. The van der Waals surface area contributed by atoms with E-state index in [1.165, 1.54) is 4.90 Å². The van der Waals surface area contributed by atoms with Gasteiger partial charge in [0.25, 0.3) is 0 Å². The van der Waals surface area contributed by atoms with Crippen molar-refractivity contribution in [3.63, 3.8) is 0 Å². The molecule has 3 N–H and O–H groups in total. The number of benzene rings is 1. The lowest BCUT2D eigenvalue weighted by atomic mass is 10.3. The van der Waals surface area contributed by atoms with E-state index in [2.05, 4.69) is 10.6 Å². The van der Waals surface area contributed by atoms with Crippen molar-refractivity contribution >= 4 is 23.5 Å². The zero-order valence-corrected chi connectivity index (χ0v) is 9.30. The van der Waals surface area contributed by atoms with Gasteiger partial charge in [-0.2, -0.15) is 0 Å². The van der Waals surface area contributed by atoms with Crippen LogP contribution in [0.1, 0.15) is 0 Å². The van der Waals surface area contributed by atoms with Crippen molar-refractivity contribution in [2.75, 3.05) is 24.7 Å². The first-order valence-corrected chi connectivity index (χ1v) is 5.79. The van der Waals surface area contributed by atoms with Crippen molar-refractivity contribution in [3.8, 4) is 0 Å². The standard InChI is InChI=1S/C10H14N2O2S/c1-15-9-4-2-8(3-5-9)11-6-7-12-10(13)14/h2-5,11-12H,6-7H2,1H3,(H,13,14). The number of hydrogen-bond acceptors (Lipinski definition) is 3. The largest absolute Gasteiger partial charge is 0.465 e. The summed E-state index contributed by atoms with van der Waals surface area (Å²) in [6, 6.07) is 8.01. The van der Waals surface area contributed by atoms with Gasteiger partial charge in [-0.05, 0) is 30.5 Å². The molecular formula is C10H14N2O2S. The summed E-state index contributed by atoms with van der Waals surface area (Å²) in [5.41, 5.74) is 1.000. The molecule has 1 rings (SSSR count). The maximum absolute atomic E-state index is 10.2. The molecule has 0 aromatic heterocycles. The van der Waals surface area contributed by atoms with Gasteiger partial charge in [-0.3, -0.25) is 0 Å². The summed E-state index contributed by atoms with van der Waals surface area (Å²) in [6.07, 6.45) is 1.04. The van der Waals surface area contributed by atoms with Crippen LogP contribution in [0, 0.1) is 0 Å². The minimum atomic E-state index is -0.991. The van der Waals surface area contributed by atoms with Crippen LogP contribution in [0.3, 0.4) is 0 Å². The Kier molecular flexibility index (Phi) is 4.83. The van der Waals surface area contributed by atoms with Crippen molar-refractivity contribution in [1.82, 2.24) is 5.32 Å². The molecular weight excluding hydrogens is 212 g/mol. The third-order valence-corrected chi connectivity index (χ3v) is 2.56. The van der Waals surface area contributed by atoms with Gasteiger partial charge in [0.1, 0.15) is 0 Å². The van der Waals surface area contributed by atoms with E-state index >= 15 is 0 Å². The normalized spacial score (nSPS) is 9.67. The molecule has 82 valence electrons. The molecule has 0 aliphatic rings. The van der Waals surface area contributed by atoms with Crippen LogP contribution >= 0.6 is 11.8 Å². The number of anilines is 1. The van der Waals surface area contributed by atoms with Gasteiger partial charge in [0.05, 0.1) is 0 Å². The molecule has 0 saturated carbocycles. The maximum atomic E-state index is 10.2. The van der Waals surface area contributed by atoms with E-state index in [0.717, 1.165) is 5.69 Å². The van der Waals surface area contributed by atoms with E-state index in [9.17, 15) is 4.79 Å². The molecule has 0 aliphatic heterocycles. The highest BCUT2D eigenvalue weighted by molar-refractivity contribution is 7.98. The SMILES string of the molecule is CSc1ccc(NCCNC(=O)O)cc1. The Morgan fingerprint density at radius 1 is 1.33 bits per heavy atom. The summed E-state index contributed by atoms with van der Waals surface area (Å²) in [4.78, 5) is 11.4. The molecule has 5 heteroatoms. The Hall–Kier alpha value is -1.36. The fourth-order valence-electron chi connectivity index (χ4n) is 1.09. The van der Waals surface area contributed by atoms with Crippen molar-refractivity contribution in [2.24, 2.45) is 0 Å². The van der Waals surface area contributed by atoms with E-state index in [1.807, 2.05) is 30.5 Å². The second kappa shape index (κ2) is 6.19. The second-order valence-corrected chi connectivity index (χ2v) is 3.77. The number of rotatable bonds is 5. The molecule has 15 heavy (non-hydrogen) atoms. The average molecular weight is 226 g/mol. The highest BCUT2D eigenvalue weighted by Crippen LogP contribution is 2.16. The molecule has 0 aliphatic carbocycles. The minimum absolute atomic E-state index is 0.402. The number of hydrogen-bond donors (Lipinski definition) is 3. The average Bonchev–Trinajstić information content (AvgIpc) is 2.25. The smallest absolute Gasteiger partial charge is 0.404 e. The number of amides is 1. The van der Waals surface area contributed by atoms with Crippen LogP contribution in [0.15, 0.2) is 29.2 Å². The van der Waals surface area contributed by atoms with Crippen LogP contribution in [0.4, 0.5) is 10.5 Å². The van der Waals surface area contributed by atoms with Crippen LogP contribution in [-0.4, -0.2) is 30.5 Å². The quantitative estimate of drug-likeness (QED) is 0.531. The Morgan fingerprint density at radius 3 is 2.53 bits per heavy atom. The van der Waals surface area contributed by atoms with E-state index < -0.39 is 6.09 Å². The Labute approximate surface area is 93.1 Å². The number of nitrogens with one attached hydrogen (secondary N) is 2. The van der Waals surface area contributed by atoms with Crippen LogP contribution in [0.25, 0.3) is 0 Å². The Bertz CT molecular complexity index is 314. The van der Waals surface area contributed by atoms with Gasteiger partial charge in [-0.1, -0.05) is 0 Å². The predicted octanol–water partition coefficient (Wildman–Crippen LogP) is 2.09. The van der Waals surface area contributed by atoms with Crippen LogP contribution in [0.5, 0.6) is 0 Å². The molecule has 0 unspecified atom stereocenters. The van der Waals surface area contributed by atoms with Crippen LogP contribution in [0.2, 0.25) is 0 Å². The van der Waals surface area contributed by atoms with Crippen molar-refractivity contribution in [2.45, 2.75) is 4.90 Å². The fourth-order valence-corrected chi connectivity index (χ4v) is 1.49. The van der Waals surface area contributed by atoms with Gasteiger partial charge in [-0.25, -0.2) is 4.79 Å². The van der Waals surface area contributed by atoms with Gasteiger partial charge >= 0.3 is 6.09 Å². The van der Waals surface area contributed by atoms with Crippen molar-refractivity contribution in [1.29, 1.82) is 0 Å². The lowest BCUT2D eigenvalue weighted by Crippen LogP contribution is -2.26. The lowest BCUT2D eigenvalue weighted by Gasteiger charge is -2.06. The van der Waals surface area contributed by atoms with Crippen LogP contribution in [-0.2, 0) is 0 Å². The summed E-state index contributed by atoms with van der Waals surface area (Å²) in [5.74, 6) is 0. The molecule has 0 saturated heterocycles. The highest BCUT2D eigenvalue weighted by atomic mass is 32.2. The summed E-state index contributed by atoms with van der Waals surface area (Å²) in [6.45, 7) is 0.991. The maximum Gasteiger partial charge on any atom is 0.404 e. The third-order valence-electron chi connectivity index (χ3n) is 1.82. The van der Waals surface area contributed by atoms with E-state index in [1.54, 1.807) is 11.8 Å². The molecule has 0 spiro atoms. The number of carboxylic acid groups (broad SMARTS) is 1. The van der Waals surface area contributed by atoms with Crippen molar-refractivity contribution < 1.29 is 9.90 Å². The van der Waals surface area contributed by atoms with Crippen LogP contribution < -0.4 is 10.6 Å². The van der Waals surface area contributed by atoms with Gasteiger partial charge in [-0.15, -0.1) is 11.8 Å². The van der Waals surface area contributed by atoms with E-state index in [4.69, 9.17) is 5.11 Å². The third kappa shape index (κ3) is 4.60. The number of thioether (sulfide) groups is 1. The molecule has 0 atom stereocenters. The molecule has 1 amide bonds. The molecule has 1 aromatic carbocycles. The summed E-state index contributed by atoms with van der Waals surface area (Å²) < 4.78 is 0. The number of carbonyl (C=O) groups is 1. The molecule has 0 bridgehead atoms. The Balaban J connectivity index is 2.28. The summed E-state index contributed by atoms with van der Waals surface area (Å²) in [7, 11) is 0. The van der Waals surface area contributed by atoms with E-state index in [0.29, 0.717) is 13.1 Å². The van der Waals surface area contributed by atoms with Gasteiger partial charge in [0.15, 0.2) is 0 Å². The molecule has 0 fully saturated rings. The zero-order valence-electron chi connectivity index (χ0n) is 8.49. The van der Waals surface area contributed by atoms with Gasteiger partial charge in [0, 0.05) is 23.7 Å².